The van der Waals surface area contributed by atoms with Crippen LogP contribution in [0.1, 0.15) is 51.4 Å². The molecule has 0 aromatic carbocycles. The van der Waals surface area contributed by atoms with Crippen LogP contribution in [0, 0.1) is 23.7 Å². The summed E-state index contributed by atoms with van der Waals surface area (Å²) in [6, 6.07) is 0. The Kier molecular flexibility index (Phi) is 13.1. The quantitative estimate of drug-likeness (QED) is 0.282. The minimum Gasteiger partial charge on any atom is -0.481 e. The molecular formula is C16H24O4S. The molecule has 0 radical (unpaired) electrons. The summed E-state index contributed by atoms with van der Waals surface area (Å²) in [7, 11) is 0. The minimum atomic E-state index is -0.832. The molecule has 0 bridgehead atoms. The zero-order valence-electron chi connectivity index (χ0n) is 12.2. The zero-order valence-corrected chi connectivity index (χ0v) is 13.1. The molecule has 0 unspecified atom stereocenters. The molecule has 0 aliphatic carbocycles. The summed E-state index contributed by atoms with van der Waals surface area (Å²) in [5.74, 6) is 11.1. The molecule has 0 rings (SSSR count). The highest BCUT2D eigenvalue weighted by Gasteiger charge is 2.15. The Morgan fingerprint density at radius 3 is 2.10 bits per heavy atom. The number of aliphatic hydroxyl groups is 2. The number of hydrogen-bond acceptors (Lipinski definition) is 4. The van der Waals surface area contributed by atoms with Gasteiger partial charge in [0.25, 0.3) is 0 Å². The maximum Gasteiger partial charge on any atom is 0.303 e. The van der Waals surface area contributed by atoms with Gasteiger partial charge in [-0.25, -0.2) is 0 Å². The highest BCUT2D eigenvalue weighted by molar-refractivity contribution is 7.80. The Bertz CT molecular complexity index is 400. The first-order chi connectivity index (χ1) is 10.1. The average Bonchev–Trinajstić information content (AvgIpc) is 2.45. The van der Waals surface area contributed by atoms with Gasteiger partial charge in [0, 0.05) is 25.0 Å². The molecule has 0 amide bonds. The number of hydrogen-bond donors (Lipinski definition) is 4. The molecule has 21 heavy (non-hydrogen) atoms. The fourth-order valence-corrected chi connectivity index (χ4v) is 1.80. The van der Waals surface area contributed by atoms with E-state index in [2.05, 4.69) is 36.3 Å². The van der Waals surface area contributed by atoms with Gasteiger partial charge in [0.15, 0.2) is 0 Å². The third kappa shape index (κ3) is 13.6. The van der Waals surface area contributed by atoms with E-state index in [0.717, 1.165) is 12.2 Å². The topological polar surface area (TPSA) is 77.8 Å². The summed E-state index contributed by atoms with van der Waals surface area (Å²) in [5, 5.41) is 28.0. The molecule has 0 heterocycles. The van der Waals surface area contributed by atoms with Crippen molar-refractivity contribution in [3.05, 3.63) is 0 Å². The van der Waals surface area contributed by atoms with Crippen LogP contribution < -0.4 is 0 Å². The van der Waals surface area contributed by atoms with E-state index in [1.807, 2.05) is 0 Å². The lowest BCUT2D eigenvalue weighted by Gasteiger charge is -2.16. The van der Waals surface area contributed by atoms with Crippen LogP contribution in [-0.4, -0.2) is 39.2 Å². The van der Waals surface area contributed by atoms with Crippen LogP contribution in [0.25, 0.3) is 0 Å². The van der Waals surface area contributed by atoms with Gasteiger partial charge in [-0.1, -0.05) is 18.3 Å². The first-order valence-corrected chi connectivity index (χ1v) is 7.85. The van der Waals surface area contributed by atoms with Gasteiger partial charge in [-0.2, -0.15) is 12.6 Å². The van der Waals surface area contributed by atoms with E-state index >= 15 is 0 Å². The predicted octanol–water partition coefficient (Wildman–Crippen LogP) is 1.85. The van der Waals surface area contributed by atoms with Crippen molar-refractivity contribution in [2.24, 2.45) is 0 Å². The van der Waals surface area contributed by atoms with Crippen molar-refractivity contribution in [3.8, 4) is 23.7 Å². The molecule has 0 spiro atoms. The van der Waals surface area contributed by atoms with Gasteiger partial charge in [-0.3, -0.25) is 4.79 Å². The van der Waals surface area contributed by atoms with Crippen LogP contribution in [-0.2, 0) is 4.79 Å². The summed E-state index contributed by atoms with van der Waals surface area (Å²) in [5.41, 5.74) is 0. The van der Waals surface area contributed by atoms with Crippen LogP contribution in [0.15, 0.2) is 0 Å². The molecule has 0 aliphatic heterocycles. The lowest BCUT2D eigenvalue weighted by Crippen LogP contribution is -2.25. The molecule has 0 aromatic rings. The van der Waals surface area contributed by atoms with Gasteiger partial charge >= 0.3 is 5.97 Å². The van der Waals surface area contributed by atoms with Gasteiger partial charge in [-0.15, -0.1) is 0 Å². The van der Waals surface area contributed by atoms with Crippen LogP contribution in [0.2, 0.25) is 0 Å². The zero-order chi connectivity index (χ0) is 15.9. The van der Waals surface area contributed by atoms with Crippen molar-refractivity contribution in [3.63, 3.8) is 0 Å². The number of aliphatic hydroxyl groups excluding tert-OH is 2. The van der Waals surface area contributed by atoms with Crippen molar-refractivity contribution >= 4 is 18.6 Å². The highest BCUT2D eigenvalue weighted by Crippen LogP contribution is 2.11. The lowest BCUT2D eigenvalue weighted by molar-refractivity contribution is -0.137. The summed E-state index contributed by atoms with van der Waals surface area (Å²) < 4.78 is 0. The standard InChI is InChI=1S/C16H24O4S/c17-14(15(18)11-7-8-12-16(19)20)10-6-4-2-1-3-5-9-13-21/h14-15,17-18,21H,4,6-13H2,(H,19,20)/t14-,15+/m1/s1. The van der Waals surface area contributed by atoms with Gasteiger partial charge < -0.3 is 15.3 Å². The third-order valence-corrected chi connectivity index (χ3v) is 3.09. The Morgan fingerprint density at radius 2 is 1.52 bits per heavy atom. The third-order valence-electron chi connectivity index (χ3n) is 2.86. The Balaban J connectivity index is 3.66. The Morgan fingerprint density at radius 1 is 0.952 bits per heavy atom. The number of aliphatic carboxylic acids is 1. The number of thiol groups is 1. The van der Waals surface area contributed by atoms with Crippen molar-refractivity contribution in [1.29, 1.82) is 0 Å². The first-order valence-electron chi connectivity index (χ1n) is 7.22. The van der Waals surface area contributed by atoms with E-state index < -0.39 is 18.2 Å². The summed E-state index contributed by atoms with van der Waals surface area (Å²) in [4.78, 5) is 10.3. The Labute approximate surface area is 132 Å². The fraction of sp³-hybridized carbons (Fsp3) is 0.688. The first kappa shape index (κ1) is 19.9. The molecule has 2 atom stereocenters. The van der Waals surface area contributed by atoms with E-state index in [0.29, 0.717) is 38.5 Å². The lowest BCUT2D eigenvalue weighted by atomic mass is 10.0. The maximum absolute atomic E-state index is 10.3. The molecule has 3 N–H and O–H groups in total. The van der Waals surface area contributed by atoms with Crippen molar-refractivity contribution in [2.45, 2.75) is 63.6 Å². The van der Waals surface area contributed by atoms with E-state index in [-0.39, 0.29) is 6.42 Å². The van der Waals surface area contributed by atoms with Crippen LogP contribution in [0.3, 0.4) is 0 Å². The highest BCUT2D eigenvalue weighted by atomic mass is 32.1. The van der Waals surface area contributed by atoms with Gasteiger partial charge in [-0.05, 0) is 37.5 Å². The van der Waals surface area contributed by atoms with Crippen LogP contribution in [0.5, 0.6) is 0 Å². The molecule has 118 valence electrons. The number of carboxylic acid groups (broad SMARTS) is 1. The van der Waals surface area contributed by atoms with E-state index in [1.165, 1.54) is 0 Å². The van der Waals surface area contributed by atoms with Crippen LogP contribution in [0.4, 0.5) is 0 Å². The largest absolute Gasteiger partial charge is 0.481 e. The van der Waals surface area contributed by atoms with E-state index in [4.69, 9.17) is 5.11 Å². The Hall–Kier alpha value is -1.14. The summed E-state index contributed by atoms with van der Waals surface area (Å²) >= 11 is 4.03. The summed E-state index contributed by atoms with van der Waals surface area (Å²) in [6.45, 7) is 0. The molecular weight excluding hydrogens is 288 g/mol. The van der Waals surface area contributed by atoms with Crippen LogP contribution >= 0.6 is 12.6 Å². The normalized spacial score (nSPS) is 12.5. The average molecular weight is 312 g/mol. The number of rotatable bonds is 10. The smallest absolute Gasteiger partial charge is 0.303 e. The molecule has 4 nitrogen and oxygen atoms in total. The maximum atomic E-state index is 10.3. The molecule has 0 saturated heterocycles. The van der Waals surface area contributed by atoms with E-state index in [9.17, 15) is 15.0 Å². The molecule has 0 saturated carbocycles. The molecule has 0 aliphatic rings. The number of carbonyl (C=O) groups is 1. The second kappa shape index (κ2) is 13.8. The van der Waals surface area contributed by atoms with Crippen molar-refractivity contribution < 1.29 is 20.1 Å². The number of carboxylic acids is 1. The molecule has 0 aromatic heterocycles. The predicted molar refractivity (Wildman–Crippen MR) is 86.0 cm³/mol. The molecule has 5 heteroatoms. The van der Waals surface area contributed by atoms with Crippen molar-refractivity contribution in [2.75, 3.05) is 5.75 Å². The van der Waals surface area contributed by atoms with Gasteiger partial charge in [0.1, 0.15) is 0 Å². The van der Waals surface area contributed by atoms with Gasteiger partial charge in [0.05, 0.1) is 12.2 Å². The van der Waals surface area contributed by atoms with Gasteiger partial charge in [0.2, 0.25) is 0 Å². The second-order valence-corrected chi connectivity index (χ2v) is 5.19. The second-order valence-electron chi connectivity index (χ2n) is 4.74. The fourth-order valence-electron chi connectivity index (χ4n) is 1.68. The SMILES string of the molecule is O=C(O)CCCC[C@H](O)[C@H](O)CCCC#CC#CCCS. The van der Waals surface area contributed by atoms with Crippen molar-refractivity contribution in [1.82, 2.24) is 0 Å². The molecule has 0 fully saturated rings. The monoisotopic (exact) mass is 312 g/mol. The number of unbranched alkanes of at least 4 members (excludes halogenated alkanes) is 2. The van der Waals surface area contributed by atoms with E-state index in [1.54, 1.807) is 0 Å². The minimum absolute atomic E-state index is 0.104. The summed E-state index contributed by atoms with van der Waals surface area (Å²) in [6.07, 6.45) is 2.65.